The molecule has 2 fully saturated rings. The fourth-order valence-electron chi connectivity index (χ4n) is 2.99. The molecule has 1 heterocycles. The minimum atomic E-state index is -0.162. The molecule has 1 atom stereocenters. The lowest BCUT2D eigenvalue weighted by Gasteiger charge is -2.13. The summed E-state index contributed by atoms with van der Waals surface area (Å²) in [5.41, 5.74) is 1.24. The van der Waals surface area contributed by atoms with Crippen LogP contribution in [0.15, 0.2) is 35.5 Å². The Morgan fingerprint density at radius 2 is 2.00 bits per heavy atom. The van der Waals surface area contributed by atoms with Crippen LogP contribution in [0.1, 0.15) is 56.0 Å². The fraction of sp³-hybridized carbons (Fsp3) is 0.526. The Morgan fingerprint density at radius 1 is 1.24 bits per heavy atom. The van der Waals surface area contributed by atoms with Crippen molar-refractivity contribution >= 4 is 17.7 Å². The molecular weight excluding hydrogens is 332 g/mol. The van der Waals surface area contributed by atoms with Gasteiger partial charge in [0, 0.05) is 18.5 Å². The molecule has 0 spiro atoms. The van der Waals surface area contributed by atoms with Crippen molar-refractivity contribution in [1.29, 1.82) is 0 Å². The van der Waals surface area contributed by atoms with Crippen molar-refractivity contribution in [2.45, 2.75) is 61.4 Å². The lowest BCUT2D eigenvalue weighted by atomic mass is 10.1. The Kier molecular flexibility index (Phi) is 4.79. The molecule has 1 aromatic carbocycles. The number of rotatable bonds is 8. The summed E-state index contributed by atoms with van der Waals surface area (Å²) in [4.78, 5) is 12.4. The summed E-state index contributed by atoms with van der Waals surface area (Å²) in [6.07, 6.45) is 5.73. The van der Waals surface area contributed by atoms with E-state index >= 15 is 0 Å². The van der Waals surface area contributed by atoms with E-state index in [4.69, 9.17) is 0 Å². The third-order valence-electron chi connectivity index (χ3n) is 4.75. The van der Waals surface area contributed by atoms with Crippen LogP contribution in [0.25, 0.3) is 0 Å². The second kappa shape index (κ2) is 7.20. The highest BCUT2D eigenvalue weighted by molar-refractivity contribution is 8.00. The molecule has 2 aliphatic rings. The highest BCUT2D eigenvalue weighted by Gasteiger charge is 2.37. The summed E-state index contributed by atoms with van der Waals surface area (Å²) in [6, 6.07) is 10.8. The summed E-state index contributed by atoms with van der Waals surface area (Å²) < 4.78 is 2.30. The summed E-state index contributed by atoms with van der Waals surface area (Å²) in [6.45, 7) is 2.61. The van der Waals surface area contributed by atoms with Gasteiger partial charge in [-0.2, -0.15) is 0 Å². The largest absolute Gasteiger partial charge is 0.355 e. The summed E-state index contributed by atoms with van der Waals surface area (Å²) >= 11 is 1.54. The van der Waals surface area contributed by atoms with Gasteiger partial charge in [-0.05, 0) is 44.6 Å². The zero-order valence-corrected chi connectivity index (χ0v) is 15.3. The Bertz CT molecular complexity index is 737. The van der Waals surface area contributed by atoms with Gasteiger partial charge in [0.2, 0.25) is 5.91 Å². The number of hydrogen-bond acceptors (Lipinski definition) is 4. The molecule has 4 rings (SSSR count). The second-order valence-electron chi connectivity index (χ2n) is 7.00. The van der Waals surface area contributed by atoms with Crippen LogP contribution in [0.5, 0.6) is 0 Å². The lowest BCUT2D eigenvalue weighted by molar-refractivity contribution is -0.120. The molecule has 1 amide bonds. The number of thioether (sulfide) groups is 1. The maximum Gasteiger partial charge on any atom is 0.233 e. The van der Waals surface area contributed by atoms with Crippen LogP contribution in [-0.2, 0) is 11.2 Å². The van der Waals surface area contributed by atoms with E-state index in [1.807, 2.05) is 25.1 Å². The van der Waals surface area contributed by atoms with Gasteiger partial charge in [-0.15, -0.1) is 10.2 Å². The van der Waals surface area contributed by atoms with Crippen LogP contribution in [0.3, 0.4) is 0 Å². The normalized spacial score (nSPS) is 18.1. The molecule has 1 unspecified atom stereocenters. The molecule has 0 radical (unpaired) electrons. The first-order chi connectivity index (χ1) is 12.2. The van der Waals surface area contributed by atoms with Gasteiger partial charge >= 0.3 is 0 Å². The van der Waals surface area contributed by atoms with Crippen LogP contribution in [0.4, 0.5) is 0 Å². The van der Waals surface area contributed by atoms with Gasteiger partial charge in [-0.1, -0.05) is 42.1 Å². The van der Waals surface area contributed by atoms with E-state index in [9.17, 15) is 4.79 Å². The highest BCUT2D eigenvalue weighted by Crippen LogP contribution is 2.46. The van der Waals surface area contributed by atoms with Crippen molar-refractivity contribution in [2.75, 3.05) is 6.54 Å². The Balaban J connectivity index is 1.32. The minimum Gasteiger partial charge on any atom is -0.355 e. The molecule has 25 heavy (non-hydrogen) atoms. The average molecular weight is 356 g/mol. The summed E-state index contributed by atoms with van der Waals surface area (Å²) in [5.74, 6) is 1.80. The molecule has 6 heteroatoms. The van der Waals surface area contributed by atoms with Crippen molar-refractivity contribution in [2.24, 2.45) is 0 Å². The zero-order valence-electron chi connectivity index (χ0n) is 14.5. The molecule has 132 valence electrons. The number of nitrogens with zero attached hydrogens (tertiary/aromatic N) is 3. The SMILES string of the molecule is CC(Sc1nnc(C2CC2)n1C1CC1)C(=O)NCCc1ccccc1. The van der Waals surface area contributed by atoms with Gasteiger partial charge < -0.3 is 9.88 Å². The zero-order chi connectivity index (χ0) is 17.2. The molecule has 5 nitrogen and oxygen atoms in total. The van der Waals surface area contributed by atoms with Gasteiger partial charge in [-0.25, -0.2) is 0 Å². The lowest BCUT2D eigenvalue weighted by Crippen LogP contribution is -2.32. The number of carbonyl (C=O) groups is 1. The Hall–Kier alpha value is -1.82. The first-order valence-corrected chi connectivity index (χ1v) is 10.0. The van der Waals surface area contributed by atoms with Crippen molar-refractivity contribution in [3.63, 3.8) is 0 Å². The van der Waals surface area contributed by atoms with Gasteiger partial charge in [0.05, 0.1) is 5.25 Å². The standard InChI is InChI=1S/C19H24N4OS/c1-13(18(24)20-12-11-14-5-3-2-4-6-14)25-19-22-21-17(15-7-8-15)23(19)16-9-10-16/h2-6,13,15-16H,7-12H2,1H3,(H,20,24). The fourth-order valence-corrected chi connectivity index (χ4v) is 3.95. The van der Waals surface area contributed by atoms with Crippen LogP contribution in [-0.4, -0.2) is 32.5 Å². The third-order valence-corrected chi connectivity index (χ3v) is 5.81. The molecule has 0 aliphatic heterocycles. The van der Waals surface area contributed by atoms with Crippen LogP contribution in [0.2, 0.25) is 0 Å². The van der Waals surface area contributed by atoms with Crippen molar-refractivity contribution in [3.05, 3.63) is 41.7 Å². The number of nitrogens with one attached hydrogen (secondary N) is 1. The van der Waals surface area contributed by atoms with Crippen molar-refractivity contribution in [3.8, 4) is 0 Å². The number of carbonyl (C=O) groups excluding carboxylic acids is 1. The van der Waals surface area contributed by atoms with E-state index in [0.29, 0.717) is 18.5 Å². The van der Waals surface area contributed by atoms with E-state index in [1.54, 1.807) is 0 Å². The molecule has 2 aliphatic carbocycles. The number of hydrogen-bond donors (Lipinski definition) is 1. The van der Waals surface area contributed by atoms with E-state index < -0.39 is 0 Å². The molecule has 1 aromatic heterocycles. The predicted octanol–water partition coefficient (Wildman–Crippen LogP) is 3.33. The highest BCUT2D eigenvalue weighted by atomic mass is 32.2. The average Bonchev–Trinajstić information content (AvgIpc) is 3.55. The quantitative estimate of drug-likeness (QED) is 0.737. The minimum absolute atomic E-state index is 0.0688. The summed E-state index contributed by atoms with van der Waals surface area (Å²) in [5, 5.41) is 12.6. The molecule has 2 aromatic rings. The van der Waals surface area contributed by atoms with E-state index in [-0.39, 0.29) is 11.2 Å². The smallest absolute Gasteiger partial charge is 0.233 e. The molecular formula is C19H24N4OS. The monoisotopic (exact) mass is 356 g/mol. The predicted molar refractivity (Wildman–Crippen MR) is 98.7 cm³/mol. The Morgan fingerprint density at radius 3 is 2.68 bits per heavy atom. The molecule has 0 bridgehead atoms. The van der Waals surface area contributed by atoms with Crippen LogP contribution < -0.4 is 5.32 Å². The Labute approximate surface area is 152 Å². The van der Waals surface area contributed by atoms with Crippen molar-refractivity contribution < 1.29 is 4.79 Å². The van der Waals surface area contributed by atoms with Crippen molar-refractivity contribution in [1.82, 2.24) is 20.1 Å². The van der Waals surface area contributed by atoms with E-state index in [0.717, 1.165) is 17.4 Å². The maximum atomic E-state index is 12.4. The second-order valence-corrected chi connectivity index (χ2v) is 8.31. The number of benzene rings is 1. The van der Waals surface area contributed by atoms with E-state index in [2.05, 4.69) is 32.2 Å². The number of aromatic nitrogens is 3. The molecule has 0 saturated heterocycles. The third kappa shape index (κ3) is 4.06. The van der Waals surface area contributed by atoms with Gasteiger partial charge in [0.1, 0.15) is 5.82 Å². The first-order valence-electron chi connectivity index (χ1n) is 9.15. The number of amides is 1. The van der Waals surface area contributed by atoms with Crippen LogP contribution in [0, 0.1) is 0 Å². The summed E-state index contributed by atoms with van der Waals surface area (Å²) in [7, 11) is 0. The van der Waals surface area contributed by atoms with Gasteiger partial charge in [0.25, 0.3) is 0 Å². The van der Waals surface area contributed by atoms with Crippen LogP contribution >= 0.6 is 11.8 Å². The molecule has 1 N–H and O–H groups in total. The topological polar surface area (TPSA) is 59.8 Å². The van der Waals surface area contributed by atoms with Gasteiger partial charge in [0.15, 0.2) is 5.16 Å². The molecule has 2 saturated carbocycles. The maximum absolute atomic E-state index is 12.4. The van der Waals surface area contributed by atoms with E-state index in [1.165, 1.54) is 43.0 Å². The first kappa shape index (κ1) is 16.6. The van der Waals surface area contributed by atoms with Gasteiger partial charge in [-0.3, -0.25) is 4.79 Å².